The molecule has 0 aliphatic heterocycles. The minimum Gasteiger partial charge on any atom is -0.395 e. The third-order valence-electron chi connectivity index (χ3n) is 4.48. The van der Waals surface area contributed by atoms with Gasteiger partial charge in [-0.3, -0.25) is 4.98 Å². The van der Waals surface area contributed by atoms with Crippen molar-refractivity contribution in [3.63, 3.8) is 0 Å². The molecule has 0 aliphatic rings. The predicted molar refractivity (Wildman–Crippen MR) is 112 cm³/mol. The van der Waals surface area contributed by atoms with Crippen LogP contribution in [0.5, 0.6) is 0 Å². The van der Waals surface area contributed by atoms with E-state index in [2.05, 4.69) is 20.3 Å². The first kappa shape index (κ1) is 19.9. The van der Waals surface area contributed by atoms with Crippen LogP contribution in [-0.4, -0.2) is 40.8 Å². The van der Waals surface area contributed by atoms with Crippen LogP contribution in [0.1, 0.15) is 0 Å². The topological polar surface area (TPSA) is 105 Å². The summed E-state index contributed by atoms with van der Waals surface area (Å²) < 4.78 is 38.4. The highest BCUT2D eigenvalue weighted by atomic mass is 32.2. The molecular formula is C21H17FN4O3S. The van der Waals surface area contributed by atoms with E-state index < -0.39 is 22.3 Å². The second-order valence-corrected chi connectivity index (χ2v) is 8.63. The van der Waals surface area contributed by atoms with Crippen molar-refractivity contribution in [2.75, 3.05) is 17.7 Å². The van der Waals surface area contributed by atoms with Crippen LogP contribution in [-0.2, 0) is 9.84 Å². The van der Waals surface area contributed by atoms with Gasteiger partial charge in [0.15, 0.2) is 9.84 Å². The maximum Gasteiger partial charge on any atom is 0.227 e. The molecule has 0 amide bonds. The Hall–Kier alpha value is -3.43. The zero-order valence-electron chi connectivity index (χ0n) is 15.7. The van der Waals surface area contributed by atoms with Crippen LogP contribution in [0.3, 0.4) is 0 Å². The normalized spacial score (nSPS) is 11.5. The molecule has 0 atom stereocenters. The lowest BCUT2D eigenvalue weighted by atomic mass is 10.1. The van der Waals surface area contributed by atoms with Gasteiger partial charge in [-0.1, -0.05) is 18.2 Å². The number of rotatable bonds is 6. The Morgan fingerprint density at radius 1 is 1.07 bits per heavy atom. The SMILES string of the molecule is O=S(=O)(CCO)c1cccc(Nc2ncc3ccc(-c4ccncc4F)cc3n2)c1. The number of aliphatic hydroxyl groups excluding tert-OH is 1. The van der Waals surface area contributed by atoms with Crippen molar-refractivity contribution in [2.45, 2.75) is 4.90 Å². The van der Waals surface area contributed by atoms with E-state index in [0.29, 0.717) is 22.3 Å². The molecule has 4 rings (SSSR count). The Bertz CT molecular complexity index is 1330. The molecule has 7 nitrogen and oxygen atoms in total. The first-order valence-electron chi connectivity index (χ1n) is 9.04. The molecule has 2 N–H and O–H groups in total. The third-order valence-corrected chi connectivity index (χ3v) is 6.17. The second-order valence-electron chi connectivity index (χ2n) is 6.52. The first-order valence-corrected chi connectivity index (χ1v) is 10.7. The molecule has 0 radical (unpaired) electrons. The fraction of sp³-hybridized carbons (Fsp3) is 0.0952. The minimum atomic E-state index is -3.57. The summed E-state index contributed by atoms with van der Waals surface area (Å²) in [7, 11) is -3.57. The molecular weight excluding hydrogens is 407 g/mol. The molecule has 0 aliphatic carbocycles. The number of aliphatic hydroxyl groups is 1. The highest BCUT2D eigenvalue weighted by Gasteiger charge is 2.14. The number of hydrogen-bond acceptors (Lipinski definition) is 7. The summed E-state index contributed by atoms with van der Waals surface area (Å²) in [6, 6.07) is 13.1. The summed E-state index contributed by atoms with van der Waals surface area (Å²) in [5.41, 5.74) is 2.17. The smallest absolute Gasteiger partial charge is 0.227 e. The van der Waals surface area contributed by atoms with E-state index in [9.17, 15) is 12.8 Å². The molecule has 0 fully saturated rings. The summed E-state index contributed by atoms with van der Waals surface area (Å²) in [4.78, 5) is 12.6. The van der Waals surface area contributed by atoms with Gasteiger partial charge in [-0.25, -0.2) is 22.8 Å². The van der Waals surface area contributed by atoms with Crippen molar-refractivity contribution in [1.82, 2.24) is 15.0 Å². The Labute approximate surface area is 172 Å². The zero-order chi connectivity index (χ0) is 21.1. The number of aromatic nitrogens is 3. The molecule has 0 unspecified atom stereocenters. The third kappa shape index (κ3) is 4.12. The van der Waals surface area contributed by atoms with Gasteiger partial charge in [0.2, 0.25) is 5.95 Å². The van der Waals surface area contributed by atoms with Crippen LogP contribution >= 0.6 is 0 Å². The molecule has 0 saturated carbocycles. The first-order chi connectivity index (χ1) is 14.5. The van der Waals surface area contributed by atoms with E-state index in [4.69, 9.17) is 5.11 Å². The Kier molecular flexibility index (Phi) is 5.39. The standard InChI is InChI=1S/C21H17FN4O3S/c22-19-13-23-7-6-18(19)14-4-5-15-12-24-21(26-20(15)10-14)25-16-2-1-3-17(11-16)30(28,29)9-8-27/h1-7,10-13,27H,8-9H2,(H,24,25,26). The number of hydrogen-bond donors (Lipinski definition) is 2. The largest absolute Gasteiger partial charge is 0.395 e. The van der Waals surface area contributed by atoms with Crippen LogP contribution in [0.25, 0.3) is 22.0 Å². The number of halogens is 1. The van der Waals surface area contributed by atoms with Crippen molar-refractivity contribution < 1.29 is 17.9 Å². The van der Waals surface area contributed by atoms with Crippen molar-refractivity contribution in [1.29, 1.82) is 0 Å². The van der Waals surface area contributed by atoms with Gasteiger partial charge in [-0.2, -0.15) is 0 Å². The van der Waals surface area contributed by atoms with Gasteiger partial charge >= 0.3 is 0 Å². The van der Waals surface area contributed by atoms with E-state index in [-0.39, 0.29) is 16.6 Å². The quantitative estimate of drug-likeness (QED) is 0.489. The lowest BCUT2D eigenvalue weighted by molar-refractivity contribution is 0.319. The van der Waals surface area contributed by atoms with Crippen LogP contribution in [0.15, 0.2) is 72.0 Å². The molecule has 2 aromatic heterocycles. The maximum absolute atomic E-state index is 14.1. The van der Waals surface area contributed by atoms with Crippen LogP contribution in [0, 0.1) is 5.82 Å². The van der Waals surface area contributed by atoms with Gasteiger partial charge in [0.05, 0.1) is 29.0 Å². The van der Waals surface area contributed by atoms with Crippen molar-refractivity contribution in [2.24, 2.45) is 0 Å². The van der Waals surface area contributed by atoms with Crippen LogP contribution in [0.2, 0.25) is 0 Å². The molecule has 152 valence electrons. The average Bonchev–Trinajstić information content (AvgIpc) is 2.74. The van der Waals surface area contributed by atoms with E-state index in [1.54, 1.807) is 42.6 Å². The maximum atomic E-state index is 14.1. The van der Waals surface area contributed by atoms with Crippen LogP contribution < -0.4 is 5.32 Å². The van der Waals surface area contributed by atoms with Gasteiger partial charge in [0.25, 0.3) is 0 Å². The summed E-state index contributed by atoms with van der Waals surface area (Å²) in [5.74, 6) is -0.506. The van der Waals surface area contributed by atoms with Gasteiger partial charge in [0.1, 0.15) is 5.82 Å². The molecule has 0 spiro atoms. The van der Waals surface area contributed by atoms with Gasteiger partial charge in [-0.05, 0) is 35.9 Å². The number of nitrogens with one attached hydrogen (secondary N) is 1. The summed E-state index contributed by atoms with van der Waals surface area (Å²) >= 11 is 0. The number of nitrogens with zero attached hydrogens (tertiary/aromatic N) is 3. The lowest BCUT2D eigenvalue weighted by Gasteiger charge is -2.09. The Balaban J connectivity index is 1.67. The van der Waals surface area contributed by atoms with E-state index >= 15 is 0 Å². The predicted octanol–water partition coefficient (Wildman–Crippen LogP) is 3.34. The van der Waals surface area contributed by atoms with Crippen LogP contribution in [0.4, 0.5) is 16.0 Å². The molecule has 30 heavy (non-hydrogen) atoms. The van der Waals surface area contributed by atoms with Crippen molar-refractivity contribution in [3.05, 3.63) is 72.9 Å². The number of benzene rings is 2. The molecule has 2 aromatic carbocycles. The fourth-order valence-electron chi connectivity index (χ4n) is 2.99. The molecule has 0 saturated heterocycles. The van der Waals surface area contributed by atoms with Crippen molar-refractivity contribution in [3.8, 4) is 11.1 Å². The van der Waals surface area contributed by atoms with Gasteiger partial charge in [-0.15, -0.1) is 0 Å². The van der Waals surface area contributed by atoms with E-state index in [1.165, 1.54) is 18.3 Å². The molecule has 9 heteroatoms. The molecule has 4 aromatic rings. The summed E-state index contributed by atoms with van der Waals surface area (Å²) in [6.07, 6.45) is 4.31. The highest BCUT2D eigenvalue weighted by molar-refractivity contribution is 7.91. The number of fused-ring (bicyclic) bond motifs is 1. The van der Waals surface area contributed by atoms with Crippen molar-refractivity contribution >= 4 is 32.4 Å². The summed E-state index contributed by atoms with van der Waals surface area (Å²) in [6.45, 7) is -0.450. The summed E-state index contributed by atoms with van der Waals surface area (Å²) in [5, 5.41) is 12.7. The molecule has 2 heterocycles. The zero-order valence-corrected chi connectivity index (χ0v) is 16.5. The monoisotopic (exact) mass is 424 g/mol. The number of pyridine rings is 1. The average molecular weight is 424 g/mol. The van der Waals surface area contributed by atoms with Gasteiger partial charge < -0.3 is 10.4 Å². The Morgan fingerprint density at radius 2 is 1.93 bits per heavy atom. The Morgan fingerprint density at radius 3 is 2.73 bits per heavy atom. The number of anilines is 2. The minimum absolute atomic E-state index is 0.0952. The highest BCUT2D eigenvalue weighted by Crippen LogP contribution is 2.26. The number of sulfone groups is 1. The van der Waals surface area contributed by atoms with E-state index in [1.807, 2.05) is 0 Å². The lowest BCUT2D eigenvalue weighted by Crippen LogP contribution is -2.10. The van der Waals surface area contributed by atoms with E-state index in [0.717, 1.165) is 11.6 Å². The second kappa shape index (κ2) is 8.13. The fourth-order valence-corrected chi connectivity index (χ4v) is 4.06. The molecule has 0 bridgehead atoms. The van der Waals surface area contributed by atoms with Gasteiger partial charge in [0, 0.05) is 29.0 Å².